The van der Waals surface area contributed by atoms with Gasteiger partial charge in [-0.05, 0) is 50.0 Å². The van der Waals surface area contributed by atoms with Crippen molar-refractivity contribution in [3.63, 3.8) is 0 Å². The second-order valence-electron chi connectivity index (χ2n) is 7.94. The first-order chi connectivity index (χ1) is 12.3. The summed E-state index contributed by atoms with van der Waals surface area (Å²) < 4.78 is 0. The van der Waals surface area contributed by atoms with Gasteiger partial charge in [0, 0.05) is 10.8 Å². The minimum atomic E-state index is 0.0656. The fraction of sp³-hybridized carbons (Fsp3) is 0.706. The molecule has 2 saturated heterocycles. The van der Waals surface area contributed by atoms with Gasteiger partial charge in [0.2, 0.25) is 0 Å². The van der Waals surface area contributed by atoms with Crippen LogP contribution in [0.4, 0.5) is 5.00 Å². The summed E-state index contributed by atoms with van der Waals surface area (Å²) in [6, 6.07) is 0. The maximum Gasteiger partial charge on any atom is 0.274 e. The Morgan fingerprint density at radius 1 is 1.00 bits per heavy atom. The monoisotopic (exact) mass is 360 g/mol. The third-order valence-corrected chi connectivity index (χ3v) is 7.93. The van der Waals surface area contributed by atoms with E-state index in [2.05, 4.69) is 21.8 Å². The molecule has 134 valence electrons. The lowest BCUT2D eigenvalue weighted by atomic mass is 9.74. The third-order valence-electron chi connectivity index (χ3n) is 6.71. The van der Waals surface area contributed by atoms with E-state index in [1.165, 1.54) is 49.0 Å². The normalized spacial score (nSPS) is 36.8. The summed E-state index contributed by atoms with van der Waals surface area (Å²) in [4.78, 5) is 15.0. The lowest BCUT2D eigenvalue weighted by Gasteiger charge is -2.54. The molecule has 7 nitrogen and oxygen atoms in total. The van der Waals surface area contributed by atoms with Gasteiger partial charge in [-0.15, -0.1) is 16.5 Å². The second-order valence-corrected chi connectivity index (χ2v) is 9.04. The summed E-state index contributed by atoms with van der Waals surface area (Å²) in [5, 5.41) is 8.87. The predicted octanol–water partition coefficient (Wildman–Crippen LogP) is 1.71. The quantitative estimate of drug-likeness (QED) is 0.565. The Kier molecular flexibility index (Phi) is 3.23. The molecular formula is C17H24N6OS. The van der Waals surface area contributed by atoms with E-state index >= 15 is 0 Å². The molecule has 8 heteroatoms. The van der Waals surface area contributed by atoms with E-state index in [9.17, 15) is 4.79 Å². The van der Waals surface area contributed by atoms with Crippen LogP contribution in [0.2, 0.25) is 0 Å². The van der Waals surface area contributed by atoms with Gasteiger partial charge in [0.05, 0.1) is 5.56 Å². The zero-order valence-corrected chi connectivity index (χ0v) is 15.0. The molecule has 0 radical (unpaired) electrons. The van der Waals surface area contributed by atoms with E-state index < -0.39 is 0 Å². The van der Waals surface area contributed by atoms with Crippen molar-refractivity contribution in [1.82, 2.24) is 26.6 Å². The molecule has 4 atom stereocenters. The fourth-order valence-corrected chi connectivity index (χ4v) is 6.91. The SMILES string of the molecule is O=C1c2c(sc3c2CCCC3)NC2C3CCCCC3C3NNNN3N12. The average molecular weight is 360 g/mol. The van der Waals surface area contributed by atoms with Gasteiger partial charge in [0.15, 0.2) is 0 Å². The molecule has 1 aromatic rings. The molecular weight excluding hydrogens is 336 g/mol. The van der Waals surface area contributed by atoms with Crippen molar-refractivity contribution >= 4 is 22.2 Å². The van der Waals surface area contributed by atoms with Crippen molar-refractivity contribution in [2.45, 2.75) is 63.7 Å². The number of hydrazine groups is 4. The lowest BCUT2D eigenvalue weighted by molar-refractivity contribution is -0.157. The van der Waals surface area contributed by atoms with Gasteiger partial charge in [-0.1, -0.05) is 12.8 Å². The van der Waals surface area contributed by atoms with Crippen molar-refractivity contribution in [3.05, 3.63) is 16.0 Å². The highest BCUT2D eigenvalue weighted by atomic mass is 32.1. The molecule has 5 aliphatic rings. The topological polar surface area (TPSA) is 71.7 Å². The number of hydrogen-bond acceptors (Lipinski definition) is 7. The molecule has 1 saturated carbocycles. The van der Waals surface area contributed by atoms with Crippen molar-refractivity contribution in [3.8, 4) is 0 Å². The van der Waals surface area contributed by atoms with Crippen LogP contribution < -0.4 is 21.8 Å². The number of fused-ring (bicyclic) bond motifs is 9. The molecule has 4 unspecified atom stereocenters. The standard InChI is InChI=1S/C17H24N6OS/c24-17-13-11-7-3-4-8-12(11)25-16(13)18-14-9-5-1-2-6-10(9)15-19-20-21-23(15)22(14)17/h9-10,14-15,18-21H,1-8H2. The van der Waals surface area contributed by atoms with Crippen LogP contribution in [0.3, 0.4) is 0 Å². The molecule has 3 aliphatic heterocycles. The first kappa shape index (κ1) is 14.9. The van der Waals surface area contributed by atoms with Gasteiger partial charge < -0.3 is 5.32 Å². The Labute approximate surface area is 151 Å². The van der Waals surface area contributed by atoms with Gasteiger partial charge in [0.1, 0.15) is 17.3 Å². The summed E-state index contributed by atoms with van der Waals surface area (Å²) in [5.74, 6) is 1.22. The van der Waals surface area contributed by atoms with Gasteiger partial charge in [-0.25, -0.2) is 10.4 Å². The minimum Gasteiger partial charge on any atom is -0.355 e. The molecule has 4 N–H and O–H groups in total. The maximum atomic E-state index is 13.6. The van der Waals surface area contributed by atoms with Crippen LogP contribution in [-0.4, -0.2) is 28.4 Å². The highest BCUT2D eigenvalue weighted by Gasteiger charge is 2.55. The zero-order valence-electron chi connectivity index (χ0n) is 14.2. The highest BCUT2D eigenvalue weighted by Crippen LogP contribution is 2.48. The van der Waals surface area contributed by atoms with Gasteiger partial charge >= 0.3 is 0 Å². The summed E-state index contributed by atoms with van der Waals surface area (Å²) in [6.45, 7) is 0. The van der Waals surface area contributed by atoms with Gasteiger partial charge in [0.25, 0.3) is 5.91 Å². The first-order valence-electron chi connectivity index (χ1n) is 9.63. The van der Waals surface area contributed by atoms with Crippen LogP contribution in [0.1, 0.15) is 59.3 Å². The number of nitrogens with zero attached hydrogens (tertiary/aromatic N) is 2. The third kappa shape index (κ3) is 1.97. The van der Waals surface area contributed by atoms with E-state index in [4.69, 9.17) is 0 Å². The van der Waals surface area contributed by atoms with E-state index in [0.29, 0.717) is 11.8 Å². The number of hydrogen-bond donors (Lipinski definition) is 4. The molecule has 2 aliphatic carbocycles. The number of amides is 1. The van der Waals surface area contributed by atoms with Crippen LogP contribution in [0.15, 0.2) is 0 Å². The van der Waals surface area contributed by atoms with Crippen molar-refractivity contribution in [2.75, 3.05) is 5.32 Å². The van der Waals surface area contributed by atoms with E-state index in [-0.39, 0.29) is 18.2 Å². The molecule has 4 heterocycles. The van der Waals surface area contributed by atoms with E-state index in [0.717, 1.165) is 23.4 Å². The fourth-order valence-electron chi connectivity index (χ4n) is 5.59. The Hall–Kier alpha value is -1.19. The first-order valence-corrected chi connectivity index (χ1v) is 10.4. The molecule has 3 fully saturated rings. The number of carbonyl (C=O) groups excluding carboxylic acids is 1. The number of aryl methyl sites for hydroxylation is 1. The lowest BCUT2D eigenvalue weighted by Crippen LogP contribution is -2.71. The Morgan fingerprint density at radius 3 is 2.68 bits per heavy atom. The number of anilines is 1. The number of rotatable bonds is 0. The van der Waals surface area contributed by atoms with E-state index in [1.54, 1.807) is 0 Å². The van der Waals surface area contributed by atoms with Crippen LogP contribution in [-0.2, 0) is 12.8 Å². The Bertz CT molecular complexity index is 735. The summed E-state index contributed by atoms with van der Waals surface area (Å²) in [5.41, 5.74) is 11.8. The zero-order chi connectivity index (χ0) is 16.5. The molecule has 6 rings (SSSR count). The number of carbonyl (C=O) groups is 1. The largest absolute Gasteiger partial charge is 0.355 e. The van der Waals surface area contributed by atoms with Crippen molar-refractivity contribution in [2.24, 2.45) is 11.8 Å². The number of thiophene rings is 1. The number of nitrogens with one attached hydrogen (secondary N) is 4. The molecule has 0 bridgehead atoms. The van der Waals surface area contributed by atoms with Crippen LogP contribution in [0.5, 0.6) is 0 Å². The highest BCUT2D eigenvalue weighted by molar-refractivity contribution is 7.16. The van der Waals surface area contributed by atoms with Crippen LogP contribution >= 0.6 is 11.3 Å². The smallest absolute Gasteiger partial charge is 0.274 e. The van der Waals surface area contributed by atoms with Crippen LogP contribution in [0.25, 0.3) is 0 Å². The molecule has 1 aromatic heterocycles. The minimum absolute atomic E-state index is 0.0656. The molecule has 25 heavy (non-hydrogen) atoms. The van der Waals surface area contributed by atoms with Gasteiger partial charge in [-0.3, -0.25) is 4.79 Å². The molecule has 1 amide bonds. The summed E-state index contributed by atoms with van der Waals surface area (Å²) in [7, 11) is 0. The maximum absolute atomic E-state index is 13.6. The Balaban J connectivity index is 1.46. The summed E-state index contributed by atoms with van der Waals surface area (Å²) in [6.07, 6.45) is 9.80. The predicted molar refractivity (Wildman–Crippen MR) is 95.0 cm³/mol. The van der Waals surface area contributed by atoms with E-state index in [1.807, 2.05) is 21.5 Å². The molecule has 0 aromatic carbocycles. The van der Waals surface area contributed by atoms with Crippen molar-refractivity contribution in [1.29, 1.82) is 0 Å². The van der Waals surface area contributed by atoms with Crippen molar-refractivity contribution < 1.29 is 4.79 Å². The molecule has 0 spiro atoms. The van der Waals surface area contributed by atoms with Crippen LogP contribution in [0, 0.1) is 11.8 Å². The summed E-state index contributed by atoms with van der Waals surface area (Å²) >= 11 is 1.83. The second kappa shape index (κ2) is 5.40. The average Bonchev–Trinajstić information content (AvgIpc) is 3.26. The van der Waals surface area contributed by atoms with Gasteiger partial charge in [-0.2, -0.15) is 11.1 Å². The Morgan fingerprint density at radius 2 is 1.80 bits per heavy atom.